The normalized spacial score (nSPS) is 16.6. The first kappa shape index (κ1) is 31.7. The third kappa shape index (κ3) is 9.16. The van der Waals surface area contributed by atoms with Crippen LogP contribution in [0.2, 0.25) is 0 Å². The molecule has 44 heavy (non-hydrogen) atoms. The van der Waals surface area contributed by atoms with Crippen molar-refractivity contribution in [3.05, 3.63) is 95.6 Å². The van der Waals surface area contributed by atoms with E-state index >= 15 is 0 Å². The van der Waals surface area contributed by atoms with Crippen molar-refractivity contribution >= 4 is 10.9 Å². The molecule has 0 radical (unpaired) electrons. The van der Waals surface area contributed by atoms with Crippen LogP contribution in [0.5, 0.6) is 17.4 Å². The molecule has 1 fully saturated rings. The number of methoxy groups -OCH3 is 2. The van der Waals surface area contributed by atoms with Crippen LogP contribution < -0.4 is 19.5 Å². The molecule has 2 atom stereocenters. The number of fused-ring (bicyclic) bond motifs is 1. The second-order valence-corrected chi connectivity index (χ2v) is 11.0. The van der Waals surface area contributed by atoms with Crippen molar-refractivity contribution in [1.29, 1.82) is 0 Å². The summed E-state index contributed by atoms with van der Waals surface area (Å²) in [6.45, 7) is 5.34. The van der Waals surface area contributed by atoms with Gasteiger partial charge in [0.1, 0.15) is 11.5 Å². The van der Waals surface area contributed by atoms with Gasteiger partial charge < -0.3 is 33.7 Å². The number of para-hydroxylation sites is 1. The Kier molecular flexibility index (Phi) is 12.2. The molecule has 4 aromatic rings. The quantitative estimate of drug-likeness (QED) is 0.141. The first-order chi connectivity index (χ1) is 21.7. The van der Waals surface area contributed by atoms with Crippen LogP contribution in [0, 0.1) is 0 Å². The summed E-state index contributed by atoms with van der Waals surface area (Å²) in [6, 6.07) is 26.7. The number of pyridine rings is 1. The van der Waals surface area contributed by atoms with Crippen molar-refractivity contribution in [1.82, 2.24) is 10.3 Å². The minimum Gasteiger partial charge on any atom is -0.496 e. The lowest BCUT2D eigenvalue weighted by molar-refractivity contribution is 0.0106. The van der Waals surface area contributed by atoms with Gasteiger partial charge in [0.2, 0.25) is 5.88 Å². The van der Waals surface area contributed by atoms with Crippen LogP contribution in [-0.2, 0) is 27.4 Å². The van der Waals surface area contributed by atoms with Crippen LogP contribution in [-0.4, -0.2) is 64.8 Å². The SMILES string of the molecule is COCCCOc1ccc2ccc(COC3CNCCC3c3ccc(OCCCOCc4ccccc4OC)cc3)cc2n1. The van der Waals surface area contributed by atoms with E-state index in [0.717, 1.165) is 65.9 Å². The van der Waals surface area contributed by atoms with E-state index in [1.54, 1.807) is 14.2 Å². The lowest BCUT2D eigenvalue weighted by atomic mass is 9.87. The second kappa shape index (κ2) is 17.0. The van der Waals surface area contributed by atoms with Gasteiger partial charge in [0.25, 0.3) is 0 Å². The van der Waals surface area contributed by atoms with Crippen molar-refractivity contribution in [3.8, 4) is 17.4 Å². The van der Waals surface area contributed by atoms with Gasteiger partial charge >= 0.3 is 0 Å². The van der Waals surface area contributed by atoms with Gasteiger partial charge in [0.05, 0.1) is 51.8 Å². The topological polar surface area (TPSA) is 80.3 Å². The zero-order valence-corrected chi connectivity index (χ0v) is 25.8. The third-order valence-corrected chi connectivity index (χ3v) is 7.82. The smallest absolute Gasteiger partial charge is 0.213 e. The molecule has 0 bridgehead atoms. The molecule has 8 heteroatoms. The Labute approximate surface area is 260 Å². The summed E-state index contributed by atoms with van der Waals surface area (Å²) in [4.78, 5) is 4.70. The molecule has 1 aliphatic heterocycles. The Morgan fingerprint density at radius 2 is 1.64 bits per heavy atom. The molecule has 1 aliphatic rings. The molecule has 1 saturated heterocycles. The highest BCUT2D eigenvalue weighted by atomic mass is 16.5. The molecule has 0 amide bonds. The van der Waals surface area contributed by atoms with Crippen molar-refractivity contribution in [3.63, 3.8) is 0 Å². The lowest BCUT2D eigenvalue weighted by Gasteiger charge is -2.32. The predicted octanol–water partition coefficient (Wildman–Crippen LogP) is 6.31. The average Bonchev–Trinajstić information content (AvgIpc) is 3.07. The number of aromatic nitrogens is 1. The summed E-state index contributed by atoms with van der Waals surface area (Å²) < 4.78 is 34.6. The number of hydrogen-bond donors (Lipinski definition) is 1. The van der Waals surface area contributed by atoms with Gasteiger partial charge in [-0.15, -0.1) is 0 Å². The van der Waals surface area contributed by atoms with Crippen molar-refractivity contribution in [2.75, 3.05) is 53.7 Å². The van der Waals surface area contributed by atoms with E-state index in [2.05, 4.69) is 47.8 Å². The largest absolute Gasteiger partial charge is 0.496 e. The summed E-state index contributed by atoms with van der Waals surface area (Å²) in [5.74, 6) is 2.67. The van der Waals surface area contributed by atoms with Crippen LogP contribution >= 0.6 is 0 Å². The fourth-order valence-electron chi connectivity index (χ4n) is 5.45. The Bertz CT molecular complexity index is 1430. The van der Waals surface area contributed by atoms with Gasteiger partial charge in [-0.25, -0.2) is 4.98 Å². The molecule has 8 nitrogen and oxygen atoms in total. The molecule has 2 heterocycles. The van der Waals surface area contributed by atoms with E-state index in [4.69, 9.17) is 33.4 Å². The maximum absolute atomic E-state index is 6.50. The molecule has 2 unspecified atom stereocenters. The summed E-state index contributed by atoms with van der Waals surface area (Å²) in [6.07, 6.45) is 2.75. The minimum atomic E-state index is 0.0787. The Morgan fingerprint density at radius 3 is 2.50 bits per heavy atom. The number of ether oxygens (including phenoxy) is 6. The number of nitrogens with zero attached hydrogens (tertiary/aromatic N) is 1. The van der Waals surface area contributed by atoms with Crippen molar-refractivity contribution in [2.45, 2.75) is 44.5 Å². The van der Waals surface area contributed by atoms with Gasteiger partial charge in [-0.3, -0.25) is 0 Å². The van der Waals surface area contributed by atoms with E-state index < -0.39 is 0 Å². The van der Waals surface area contributed by atoms with Crippen molar-refractivity contribution < 1.29 is 28.4 Å². The fraction of sp³-hybridized carbons (Fsp3) is 0.417. The number of piperidine rings is 1. The van der Waals surface area contributed by atoms with Crippen molar-refractivity contribution in [2.24, 2.45) is 0 Å². The molecule has 0 spiro atoms. The monoisotopic (exact) mass is 600 g/mol. The van der Waals surface area contributed by atoms with Crippen LogP contribution in [0.1, 0.15) is 41.9 Å². The van der Waals surface area contributed by atoms with E-state index in [1.807, 2.05) is 36.4 Å². The van der Waals surface area contributed by atoms with Gasteiger partial charge in [0.15, 0.2) is 0 Å². The molecule has 234 valence electrons. The first-order valence-corrected chi connectivity index (χ1v) is 15.5. The lowest BCUT2D eigenvalue weighted by Crippen LogP contribution is -2.40. The Balaban J connectivity index is 1.08. The number of benzene rings is 3. The fourth-order valence-corrected chi connectivity index (χ4v) is 5.45. The standard InChI is InChI=1S/C36H44N2O6/c1-39-19-5-22-43-36-16-13-29-10-9-27(23-33(29)38-36)25-44-35-24-37-18-17-32(35)28-11-14-31(15-12-28)42-21-6-20-41-26-30-7-3-4-8-34(30)40-2/h3-4,7-16,23,32,35,37H,5-6,17-22,24-26H2,1-2H3. The average molecular weight is 601 g/mol. The molecule has 1 N–H and O–H groups in total. The first-order valence-electron chi connectivity index (χ1n) is 15.5. The highest BCUT2D eigenvalue weighted by Gasteiger charge is 2.27. The van der Waals surface area contributed by atoms with Crippen LogP contribution in [0.15, 0.2) is 78.9 Å². The molecule has 3 aromatic carbocycles. The van der Waals surface area contributed by atoms with E-state index in [0.29, 0.717) is 51.4 Å². The van der Waals surface area contributed by atoms with E-state index in [1.165, 1.54) is 5.56 Å². The molecular formula is C36H44N2O6. The molecule has 0 aliphatic carbocycles. The molecule has 1 aromatic heterocycles. The highest BCUT2D eigenvalue weighted by molar-refractivity contribution is 5.79. The highest BCUT2D eigenvalue weighted by Crippen LogP contribution is 2.30. The van der Waals surface area contributed by atoms with Crippen LogP contribution in [0.25, 0.3) is 10.9 Å². The summed E-state index contributed by atoms with van der Waals surface area (Å²) in [7, 11) is 3.37. The zero-order valence-electron chi connectivity index (χ0n) is 25.8. The van der Waals surface area contributed by atoms with Crippen LogP contribution in [0.4, 0.5) is 0 Å². The van der Waals surface area contributed by atoms with Gasteiger partial charge in [0, 0.05) is 56.0 Å². The second-order valence-electron chi connectivity index (χ2n) is 11.0. The molecular weight excluding hydrogens is 556 g/mol. The molecule has 5 rings (SSSR count). The van der Waals surface area contributed by atoms with Crippen LogP contribution in [0.3, 0.4) is 0 Å². The summed E-state index contributed by atoms with van der Waals surface area (Å²) in [5.41, 5.74) is 4.34. The van der Waals surface area contributed by atoms with Gasteiger partial charge in [-0.1, -0.05) is 42.5 Å². The van der Waals surface area contributed by atoms with E-state index in [9.17, 15) is 0 Å². The minimum absolute atomic E-state index is 0.0787. The van der Waals surface area contributed by atoms with E-state index in [-0.39, 0.29) is 6.10 Å². The maximum atomic E-state index is 6.50. The van der Waals surface area contributed by atoms with Gasteiger partial charge in [-0.05, 0) is 54.4 Å². The Hall–Kier alpha value is -3.69. The summed E-state index contributed by atoms with van der Waals surface area (Å²) >= 11 is 0. The Morgan fingerprint density at radius 1 is 0.818 bits per heavy atom. The predicted molar refractivity (Wildman–Crippen MR) is 172 cm³/mol. The summed E-state index contributed by atoms with van der Waals surface area (Å²) in [5, 5.41) is 4.58. The number of rotatable bonds is 17. The molecule has 0 saturated carbocycles. The number of hydrogen-bond acceptors (Lipinski definition) is 8. The maximum Gasteiger partial charge on any atom is 0.213 e. The zero-order chi connectivity index (χ0) is 30.4. The third-order valence-electron chi connectivity index (χ3n) is 7.82. The number of nitrogens with one attached hydrogen (secondary N) is 1. The van der Waals surface area contributed by atoms with Gasteiger partial charge in [-0.2, -0.15) is 0 Å².